The number of nitrogens with two attached hydrogens (primary N) is 1. The van der Waals surface area contributed by atoms with Crippen molar-refractivity contribution < 1.29 is 19.1 Å². The molecule has 0 atom stereocenters. The number of amides is 4. The highest BCUT2D eigenvalue weighted by molar-refractivity contribution is 5.95. The number of pyridine rings is 1. The van der Waals surface area contributed by atoms with Crippen LogP contribution < -0.4 is 20.7 Å². The molecule has 1 saturated carbocycles. The molecule has 3 N–H and O–H groups in total. The molecule has 1 aliphatic carbocycles. The van der Waals surface area contributed by atoms with E-state index in [0.717, 1.165) is 36.9 Å². The van der Waals surface area contributed by atoms with Crippen molar-refractivity contribution >= 4 is 29.2 Å². The first kappa shape index (κ1) is 28.7. The first-order valence-electron chi connectivity index (χ1n) is 15.0. The van der Waals surface area contributed by atoms with E-state index in [4.69, 9.17) is 10.5 Å². The molecule has 0 spiro atoms. The Morgan fingerprint density at radius 1 is 0.902 bits per heavy atom. The quantitative estimate of drug-likeness (QED) is 0.499. The Kier molecular flexibility index (Phi) is 9.59. The lowest BCUT2D eigenvalue weighted by molar-refractivity contribution is -0.122. The molecule has 1 aromatic heterocycles. The molecule has 10 nitrogen and oxygen atoms in total. The lowest BCUT2D eigenvalue weighted by atomic mass is 9.87. The number of hydrogen-bond acceptors (Lipinski definition) is 6. The molecule has 2 aromatic rings. The number of hydrogen-bond donors (Lipinski definition) is 2. The van der Waals surface area contributed by atoms with Crippen LogP contribution in [0.1, 0.15) is 61.7 Å². The molecule has 3 aliphatic rings. The Bertz CT molecular complexity index is 1200. The highest BCUT2D eigenvalue weighted by atomic mass is 16.5. The van der Waals surface area contributed by atoms with Gasteiger partial charge in [-0.1, -0.05) is 38.2 Å². The summed E-state index contributed by atoms with van der Waals surface area (Å²) in [6.07, 6.45) is 12.5. The van der Waals surface area contributed by atoms with Crippen molar-refractivity contribution in [3.63, 3.8) is 0 Å². The smallest absolute Gasteiger partial charge is 0.322 e. The van der Waals surface area contributed by atoms with E-state index in [1.165, 1.54) is 32.1 Å². The lowest BCUT2D eigenvalue weighted by Crippen LogP contribution is -2.51. The first-order chi connectivity index (χ1) is 20.0. The zero-order valence-corrected chi connectivity index (χ0v) is 23.8. The van der Waals surface area contributed by atoms with Gasteiger partial charge in [-0.15, -0.1) is 0 Å². The third-order valence-corrected chi connectivity index (χ3v) is 8.69. The van der Waals surface area contributed by atoms with Crippen molar-refractivity contribution in [2.45, 2.75) is 51.4 Å². The van der Waals surface area contributed by atoms with Gasteiger partial charge in [-0.25, -0.2) is 4.79 Å². The van der Waals surface area contributed by atoms with Crippen LogP contribution in [0.3, 0.4) is 0 Å². The van der Waals surface area contributed by atoms with Crippen LogP contribution in [0.25, 0.3) is 0 Å². The fraction of sp³-hybridized carbons (Fsp3) is 0.548. The van der Waals surface area contributed by atoms with Crippen LogP contribution in [0.15, 0.2) is 42.7 Å². The SMILES string of the molecule is NC(=O)C1CCN(c2cncc(NC(=O)N3CCN(C(=O)c4cccc(OCCC5CCCCC5)c4)CC3)c2)CC1. The number of piperazine rings is 1. The number of nitrogens with one attached hydrogen (secondary N) is 1. The fourth-order valence-corrected chi connectivity index (χ4v) is 6.13. The second kappa shape index (κ2) is 13.7. The molecule has 3 fully saturated rings. The van der Waals surface area contributed by atoms with Gasteiger partial charge in [0, 0.05) is 50.7 Å². The van der Waals surface area contributed by atoms with Gasteiger partial charge in [0.2, 0.25) is 5.91 Å². The highest BCUT2D eigenvalue weighted by Crippen LogP contribution is 2.27. The molecule has 41 heavy (non-hydrogen) atoms. The van der Waals surface area contributed by atoms with Crippen molar-refractivity contribution in [1.82, 2.24) is 14.8 Å². The van der Waals surface area contributed by atoms with Gasteiger partial charge < -0.3 is 30.5 Å². The van der Waals surface area contributed by atoms with E-state index in [1.54, 1.807) is 22.2 Å². The van der Waals surface area contributed by atoms with Crippen LogP contribution >= 0.6 is 0 Å². The van der Waals surface area contributed by atoms with Gasteiger partial charge >= 0.3 is 6.03 Å². The van der Waals surface area contributed by atoms with Gasteiger partial charge in [0.25, 0.3) is 5.91 Å². The summed E-state index contributed by atoms with van der Waals surface area (Å²) in [7, 11) is 0. The zero-order chi connectivity index (χ0) is 28.6. The average Bonchev–Trinajstić information content (AvgIpc) is 3.01. The van der Waals surface area contributed by atoms with E-state index < -0.39 is 0 Å². The van der Waals surface area contributed by atoms with Crippen LogP contribution in [0.2, 0.25) is 0 Å². The van der Waals surface area contributed by atoms with E-state index in [-0.39, 0.29) is 23.8 Å². The predicted octanol–water partition coefficient (Wildman–Crippen LogP) is 4.12. The van der Waals surface area contributed by atoms with Crippen molar-refractivity contribution in [3.8, 4) is 5.75 Å². The molecular formula is C31H42N6O4. The van der Waals surface area contributed by atoms with Gasteiger partial charge in [-0.05, 0) is 49.4 Å². The number of nitrogens with zero attached hydrogens (tertiary/aromatic N) is 4. The molecule has 1 aromatic carbocycles. The molecule has 2 saturated heterocycles. The topological polar surface area (TPSA) is 121 Å². The summed E-state index contributed by atoms with van der Waals surface area (Å²) in [5, 5.41) is 2.95. The molecule has 5 rings (SSSR count). The maximum atomic E-state index is 13.2. The summed E-state index contributed by atoms with van der Waals surface area (Å²) in [4.78, 5) is 47.6. The predicted molar refractivity (Wildman–Crippen MR) is 158 cm³/mol. The minimum absolute atomic E-state index is 0.0419. The normalized spacial score (nSPS) is 18.7. The molecule has 0 radical (unpaired) electrons. The number of carbonyl (C=O) groups excluding carboxylic acids is 3. The lowest BCUT2D eigenvalue weighted by Gasteiger charge is -2.35. The third kappa shape index (κ3) is 7.68. The maximum absolute atomic E-state index is 13.2. The average molecular weight is 563 g/mol. The summed E-state index contributed by atoms with van der Waals surface area (Å²) in [5.74, 6) is 1.13. The number of urea groups is 1. The van der Waals surface area contributed by atoms with Gasteiger partial charge in [0.05, 0.1) is 30.4 Å². The van der Waals surface area contributed by atoms with Gasteiger partial charge in [-0.2, -0.15) is 0 Å². The summed E-state index contributed by atoms with van der Waals surface area (Å²) in [6.45, 7) is 3.95. The van der Waals surface area contributed by atoms with Crippen LogP contribution in [0.4, 0.5) is 16.2 Å². The number of carbonyl (C=O) groups is 3. The number of ether oxygens (including phenoxy) is 1. The van der Waals surface area contributed by atoms with Crippen LogP contribution in [-0.2, 0) is 4.79 Å². The van der Waals surface area contributed by atoms with Crippen LogP contribution in [0, 0.1) is 11.8 Å². The van der Waals surface area contributed by atoms with Gasteiger partial charge in [0.15, 0.2) is 0 Å². The van der Waals surface area contributed by atoms with Crippen molar-refractivity contribution in [1.29, 1.82) is 0 Å². The number of anilines is 2. The standard InChI is InChI=1S/C31H42N6O4/c32-29(38)24-9-12-35(13-10-24)27-20-26(21-33-22-27)34-31(40)37-16-14-36(15-17-37)30(39)25-7-4-8-28(19-25)41-18-11-23-5-2-1-3-6-23/h4,7-8,19-24H,1-3,5-6,9-18H2,(H2,32,38)(H,34,40). The Hall–Kier alpha value is -3.82. The number of aromatic nitrogens is 1. The first-order valence-corrected chi connectivity index (χ1v) is 15.0. The molecule has 0 unspecified atom stereocenters. The molecule has 4 amide bonds. The minimum Gasteiger partial charge on any atom is -0.494 e. The second-order valence-corrected chi connectivity index (χ2v) is 11.5. The van der Waals surface area contributed by atoms with Gasteiger partial charge in [-0.3, -0.25) is 14.6 Å². The number of rotatable bonds is 8. The summed E-state index contributed by atoms with van der Waals surface area (Å²) < 4.78 is 5.99. The largest absolute Gasteiger partial charge is 0.494 e. The Balaban J connectivity index is 1.08. The Morgan fingerprint density at radius 3 is 2.37 bits per heavy atom. The minimum atomic E-state index is -0.242. The van der Waals surface area contributed by atoms with Gasteiger partial charge in [0.1, 0.15) is 5.75 Å². The van der Waals surface area contributed by atoms with Crippen molar-refractivity contribution in [2.24, 2.45) is 17.6 Å². The van der Waals surface area contributed by atoms with E-state index in [1.807, 2.05) is 30.3 Å². The molecule has 10 heteroatoms. The van der Waals surface area contributed by atoms with E-state index >= 15 is 0 Å². The molecule has 2 aliphatic heterocycles. The number of piperidine rings is 1. The highest BCUT2D eigenvalue weighted by Gasteiger charge is 2.26. The zero-order valence-electron chi connectivity index (χ0n) is 23.8. The van der Waals surface area contributed by atoms with E-state index in [2.05, 4.69) is 15.2 Å². The molecular weight excluding hydrogens is 520 g/mol. The van der Waals surface area contributed by atoms with E-state index in [9.17, 15) is 14.4 Å². The van der Waals surface area contributed by atoms with E-state index in [0.29, 0.717) is 56.9 Å². The Morgan fingerprint density at radius 2 is 1.63 bits per heavy atom. The summed E-state index contributed by atoms with van der Waals surface area (Å²) >= 11 is 0. The van der Waals surface area contributed by atoms with Crippen molar-refractivity contribution in [3.05, 3.63) is 48.3 Å². The van der Waals surface area contributed by atoms with Crippen LogP contribution in [0.5, 0.6) is 5.75 Å². The molecule has 220 valence electrons. The summed E-state index contributed by atoms with van der Waals surface area (Å²) in [5.41, 5.74) is 7.58. The third-order valence-electron chi connectivity index (χ3n) is 8.69. The summed E-state index contributed by atoms with van der Waals surface area (Å²) in [6, 6.07) is 9.13. The van der Waals surface area contributed by atoms with Crippen molar-refractivity contribution in [2.75, 3.05) is 56.1 Å². The van der Waals surface area contributed by atoms with Crippen LogP contribution in [-0.4, -0.2) is 78.5 Å². The number of primary amides is 1. The molecule has 0 bridgehead atoms. The maximum Gasteiger partial charge on any atom is 0.322 e. The Labute approximate surface area is 242 Å². The molecule has 3 heterocycles. The second-order valence-electron chi connectivity index (χ2n) is 11.5. The number of benzene rings is 1. The fourth-order valence-electron chi connectivity index (χ4n) is 6.13. The monoisotopic (exact) mass is 562 g/mol.